The van der Waals surface area contributed by atoms with Gasteiger partial charge in [0.05, 0.1) is 0 Å². The first-order chi connectivity index (χ1) is 10.3. The molecule has 2 aliphatic heterocycles. The molecule has 0 amide bonds. The summed E-state index contributed by atoms with van der Waals surface area (Å²) in [5, 5.41) is 3.86. The summed E-state index contributed by atoms with van der Waals surface area (Å²) in [5.41, 5.74) is 2.06. The Morgan fingerprint density at radius 3 is 2.95 bits per heavy atom. The molecule has 0 saturated carbocycles. The van der Waals surface area contributed by atoms with Gasteiger partial charge in [0.25, 0.3) is 0 Å². The number of hydrogen-bond donors (Lipinski definition) is 1. The van der Waals surface area contributed by atoms with E-state index in [1.807, 2.05) is 42.5 Å². The number of rotatable bonds is 1. The third-order valence-corrected chi connectivity index (χ3v) is 4.37. The summed E-state index contributed by atoms with van der Waals surface area (Å²) < 4.78 is 6.06. The van der Waals surface area contributed by atoms with E-state index in [1.165, 1.54) is 0 Å². The molecule has 0 aromatic heterocycles. The van der Waals surface area contributed by atoms with Gasteiger partial charge < -0.3 is 10.1 Å². The first-order valence-corrected chi connectivity index (χ1v) is 7.51. The van der Waals surface area contributed by atoms with Gasteiger partial charge in [-0.1, -0.05) is 54.1 Å². The first kappa shape index (κ1) is 12.7. The molecular formula is C17H15ClN2O. The summed E-state index contributed by atoms with van der Waals surface area (Å²) in [7, 11) is 0. The lowest BCUT2D eigenvalue weighted by Gasteiger charge is -2.36. The molecule has 0 bridgehead atoms. The summed E-state index contributed by atoms with van der Waals surface area (Å²) in [6, 6.07) is 9.97. The molecule has 1 aromatic rings. The van der Waals surface area contributed by atoms with Gasteiger partial charge in [-0.2, -0.15) is 0 Å². The number of ether oxygens (including phenoxy) is 1. The molecule has 1 aromatic carbocycles. The zero-order chi connectivity index (χ0) is 14.2. The molecule has 0 spiro atoms. The van der Waals surface area contributed by atoms with E-state index in [0.29, 0.717) is 11.1 Å². The number of nitrogens with one attached hydrogen (secondary N) is 1. The van der Waals surface area contributed by atoms with E-state index in [2.05, 4.69) is 11.4 Å². The Labute approximate surface area is 128 Å². The highest BCUT2D eigenvalue weighted by molar-refractivity contribution is 6.31. The van der Waals surface area contributed by atoms with Gasteiger partial charge in [-0.05, 0) is 18.9 Å². The number of nitrogens with zero attached hydrogens (tertiary/aromatic N) is 1. The molecular weight excluding hydrogens is 284 g/mol. The standard InChI is InChI=1S/C17H15ClN2O/c18-15-13-10-12-8-4-5-9-14(12)21-17(13)20-16(19-15)11-6-2-1-3-7-11/h1-7,9,12,17H,8,10H2,(H,19,20). The number of hydrogen-bond acceptors (Lipinski definition) is 3. The summed E-state index contributed by atoms with van der Waals surface area (Å²) in [4.78, 5) is 4.69. The third-order valence-electron chi connectivity index (χ3n) is 4.04. The van der Waals surface area contributed by atoms with Crippen LogP contribution in [-0.2, 0) is 4.74 Å². The van der Waals surface area contributed by atoms with Gasteiger partial charge in [0.15, 0.2) is 0 Å². The maximum atomic E-state index is 6.44. The van der Waals surface area contributed by atoms with E-state index in [0.717, 1.165) is 35.6 Å². The molecule has 21 heavy (non-hydrogen) atoms. The quantitative estimate of drug-likeness (QED) is 0.802. The summed E-state index contributed by atoms with van der Waals surface area (Å²) in [5.74, 6) is 2.18. The van der Waals surface area contributed by atoms with Crippen LogP contribution in [0.3, 0.4) is 0 Å². The summed E-state index contributed by atoms with van der Waals surface area (Å²) in [6.07, 6.45) is 7.85. The van der Waals surface area contributed by atoms with Crippen LogP contribution in [0.15, 0.2) is 70.0 Å². The highest BCUT2D eigenvalue weighted by atomic mass is 35.5. The van der Waals surface area contributed by atoms with Gasteiger partial charge in [0.1, 0.15) is 16.8 Å². The molecule has 1 N–H and O–H groups in total. The van der Waals surface area contributed by atoms with E-state index in [-0.39, 0.29) is 6.23 Å². The molecule has 1 saturated heterocycles. The number of benzene rings is 1. The summed E-state index contributed by atoms with van der Waals surface area (Å²) in [6.45, 7) is 0. The van der Waals surface area contributed by atoms with Gasteiger partial charge in [-0.15, -0.1) is 0 Å². The second-order valence-corrected chi connectivity index (χ2v) is 5.79. The Bertz CT molecular complexity index is 688. The summed E-state index contributed by atoms with van der Waals surface area (Å²) >= 11 is 6.44. The minimum Gasteiger partial charge on any atom is -0.469 e. The number of aliphatic imine (C=N–C) groups is 1. The lowest BCUT2D eigenvalue weighted by Crippen LogP contribution is -2.37. The highest BCUT2D eigenvalue weighted by Gasteiger charge is 2.35. The van der Waals surface area contributed by atoms with Gasteiger partial charge >= 0.3 is 0 Å². The third kappa shape index (κ3) is 2.28. The van der Waals surface area contributed by atoms with Crippen molar-refractivity contribution in [1.82, 2.24) is 5.32 Å². The molecule has 0 radical (unpaired) electrons. The molecule has 106 valence electrons. The minimum absolute atomic E-state index is 0.303. The van der Waals surface area contributed by atoms with Crippen molar-refractivity contribution in [2.45, 2.75) is 19.1 Å². The Morgan fingerprint density at radius 1 is 1.24 bits per heavy atom. The smallest absolute Gasteiger partial charge is 0.216 e. The fraction of sp³-hybridized carbons (Fsp3) is 0.235. The molecule has 3 nitrogen and oxygen atoms in total. The van der Waals surface area contributed by atoms with Crippen LogP contribution in [0.4, 0.5) is 0 Å². The second kappa shape index (κ2) is 5.08. The largest absolute Gasteiger partial charge is 0.469 e. The molecule has 1 fully saturated rings. The van der Waals surface area contributed by atoms with Crippen molar-refractivity contribution in [3.05, 3.63) is 70.6 Å². The maximum Gasteiger partial charge on any atom is 0.216 e. The maximum absolute atomic E-state index is 6.44. The van der Waals surface area contributed by atoms with Crippen molar-refractivity contribution >= 4 is 17.4 Å². The van der Waals surface area contributed by atoms with Crippen molar-refractivity contribution < 1.29 is 4.74 Å². The van der Waals surface area contributed by atoms with Crippen LogP contribution in [0.5, 0.6) is 0 Å². The van der Waals surface area contributed by atoms with Crippen molar-refractivity contribution in [3.63, 3.8) is 0 Å². The fourth-order valence-corrected chi connectivity index (χ4v) is 3.18. The predicted molar refractivity (Wildman–Crippen MR) is 83.8 cm³/mol. The molecule has 3 aliphatic rings. The Morgan fingerprint density at radius 2 is 2.10 bits per heavy atom. The van der Waals surface area contributed by atoms with Crippen molar-refractivity contribution in [3.8, 4) is 0 Å². The molecule has 4 heteroatoms. The van der Waals surface area contributed by atoms with Crippen LogP contribution in [0.2, 0.25) is 0 Å². The Hall–Kier alpha value is -2.00. The van der Waals surface area contributed by atoms with Crippen molar-refractivity contribution in [1.29, 1.82) is 0 Å². The number of fused-ring (bicyclic) bond motifs is 2. The number of allylic oxidation sites excluding steroid dienone is 4. The lowest BCUT2D eigenvalue weighted by atomic mass is 9.88. The molecule has 2 unspecified atom stereocenters. The van der Waals surface area contributed by atoms with Gasteiger partial charge in [-0.25, -0.2) is 4.99 Å². The van der Waals surface area contributed by atoms with Gasteiger partial charge in [0, 0.05) is 17.1 Å². The second-order valence-electron chi connectivity index (χ2n) is 5.41. The Balaban J connectivity index is 1.68. The van der Waals surface area contributed by atoms with E-state index in [9.17, 15) is 0 Å². The predicted octanol–water partition coefficient (Wildman–Crippen LogP) is 3.69. The molecule has 4 rings (SSSR count). The van der Waals surface area contributed by atoms with Crippen LogP contribution in [-0.4, -0.2) is 12.1 Å². The zero-order valence-corrected chi connectivity index (χ0v) is 12.2. The number of halogens is 1. The Kier molecular flexibility index (Phi) is 3.08. The van der Waals surface area contributed by atoms with Crippen LogP contribution in [0.25, 0.3) is 0 Å². The van der Waals surface area contributed by atoms with Crippen LogP contribution >= 0.6 is 11.6 Å². The van der Waals surface area contributed by atoms with Crippen molar-refractivity contribution in [2.24, 2.45) is 10.9 Å². The minimum atomic E-state index is -0.303. The average molecular weight is 299 g/mol. The SMILES string of the molecule is ClC1=C2CC3CC=CC=C3OC2N=C(c2ccccc2)N1. The first-order valence-electron chi connectivity index (χ1n) is 7.13. The monoisotopic (exact) mass is 298 g/mol. The van der Waals surface area contributed by atoms with Gasteiger partial charge in [0.2, 0.25) is 6.23 Å². The molecule has 2 atom stereocenters. The number of amidine groups is 1. The van der Waals surface area contributed by atoms with Crippen LogP contribution < -0.4 is 5.32 Å². The van der Waals surface area contributed by atoms with Crippen LogP contribution in [0, 0.1) is 5.92 Å². The highest BCUT2D eigenvalue weighted by Crippen LogP contribution is 2.39. The van der Waals surface area contributed by atoms with Crippen LogP contribution in [0.1, 0.15) is 18.4 Å². The van der Waals surface area contributed by atoms with Gasteiger partial charge in [-0.3, -0.25) is 0 Å². The molecule has 2 heterocycles. The normalized spacial score (nSPS) is 26.9. The fourth-order valence-electron chi connectivity index (χ4n) is 2.92. The van der Waals surface area contributed by atoms with E-state index < -0.39 is 0 Å². The zero-order valence-electron chi connectivity index (χ0n) is 11.4. The van der Waals surface area contributed by atoms with E-state index in [4.69, 9.17) is 21.3 Å². The topological polar surface area (TPSA) is 33.6 Å². The van der Waals surface area contributed by atoms with E-state index >= 15 is 0 Å². The lowest BCUT2D eigenvalue weighted by molar-refractivity contribution is 0.0908. The van der Waals surface area contributed by atoms with Crippen molar-refractivity contribution in [2.75, 3.05) is 0 Å². The van der Waals surface area contributed by atoms with E-state index in [1.54, 1.807) is 0 Å². The average Bonchev–Trinajstić information content (AvgIpc) is 2.54. The molecule has 1 aliphatic carbocycles.